The van der Waals surface area contributed by atoms with Crippen LogP contribution in [0.5, 0.6) is 11.8 Å². The molecule has 1 amide bonds. The summed E-state index contributed by atoms with van der Waals surface area (Å²) in [6.07, 6.45) is 2.20. The van der Waals surface area contributed by atoms with Gasteiger partial charge in [-0.2, -0.15) is 4.98 Å². The van der Waals surface area contributed by atoms with E-state index in [0.29, 0.717) is 36.0 Å². The van der Waals surface area contributed by atoms with Gasteiger partial charge in [-0.05, 0) is 60.2 Å². The molecule has 186 valence electrons. The molecule has 0 spiro atoms. The standard InChI is InChI=1S/C28H23FN4O4/c1-35-22-13-11-19(12-14-22)15-17-37-28-31-26(25-10-5-16-36-25)33(32-28)21-7-4-6-20(18-21)30-27(34)23-8-2-3-9-24(23)29/h2-14,16,18H,15,17H2,1H3,(H,30,34). The number of nitrogens with zero attached hydrogens (tertiary/aromatic N) is 3. The quantitative estimate of drug-likeness (QED) is 0.287. The molecule has 9 heteroatoms. The van der Waals surface area contributed by atoms with Crippen molar-refractivity contribution in [2.45, 2.75) is 6.42 Å². The molecule has 5 aromatic rings. The molecule has 0 bridgehead atoms. The number of amides is 1. The number of rotatable bonds is 9. The molecule has 8 nitrogen and oxygen atoms in total. The van der Waals surface area contributed by atoms with Crippen LogP contribution in [0.25, 0.3) is 17.3 Å². The number of aromatic nitrogens is 3. The van der Waals surface area contributed by atoms with Crippen LogP contribution in [0.15, 0.2) is 95.6 Å². The van der Waals surface area contributed by atoms with Crippen molar-refractivity contribution in [3.8, 4) is 29.0 Å². The molecule has 2 aromatic heterocycles. The second kappa shape index (κ2) is 10.8. The van der Waals surface area contributed by atoms with Crippen molar-refractivity contribution < 1.29 is 23.1 Å². The van der Waals surface area contributed by atoms with Crippen molar-refractivity contribution in [1.29, 1.82) is 0 Å². The predicted molar refractivity (Wildman–Crippen MR) is 136 cm³/mol. The van der Waals surface area contributed by atoms with Gasteiger partial charge in [0, 0.05) is 12.1 Å². The minimum atomic E-state index is -0.594. The Kier molecular flexibility index (Phi) is 6.93. The van der Waals surface area contributed by atoms with Gasteiger partial charge in [0.15, 0.2) is 5.76 Å². The molecule has 0 unspecified atom stereocenters. The lowest BCUT2D eigenvalue weighted by Crippen LogP contribution is -2.14. The Morgan fingerprint density at radius 3 is 2.62 bits per heavy atom. The first-order valence-electron chi connectivity index (χ1n) is 11.5. The lowest BCUT2D eigenvalue weighted by Gasteiger charge is -2.09. The first kappa shape index (κ1) is 23.8. The van der Waals surface area contributed by atoms with Crippen molar-refractivity contribution in [2.24, 2.45) is 0 Å². The van der Waals surface area contributed by atoms with Crippen molar-refractivity contribution in [1.82, 2.24) is 14.8 Å². The molecule has 0 aliphatic rings. The summed E-state index contributed by atoms with van der Waals surface area (Å²) in [5.74, 6) is 0.576. The van der Waals surface area contributed by atoms with Crippen LogP contribution in [-0.4, -0.2) is 34.4 Å². The summed E-state index contributed by atoms with van der Waals surface area (Å²) >= 11 is 0. The fourth-order valence-corrected chi connectivity index (χ4v) is 3.71. The third kappa shape index (κ3) is 5.51. The molecule has 5 rings (SSSR count). The van der Waals surface area contributed by atoms with E-state index in [1.165, 1.54) is 18.2 Å². The molecule has 1 N–H and O–H groups in total. The Labute approximate surface area is 212 Å². The average Bonchev–Trinajstić information content (AvgIpc) is 3.60. The van der Waals surface area contributed by atoms with Crippen LogP contribution in [0.2, 0.25) is 0 Å². The molecular weight excluding hydrogens is 475 g/mol. The van der Waals surface area contributed by atoms with Crippen molar-refractivity contribution >= 4 is 11.6 Å². The third-order valence-corrected chi connectivity index (χ3v) is 5.58. The number of carbonyl (C=O) groups is 1. The van der Waals surface area contributed by atoms with E-state index in [4.69, 9.17) is 13.9 Å². The highest BCUT2D eigenvalue weighted by Gasteiger charge is 2.18. The SMILES string of the molecule is COc1ccc(CCOc2nc(-c3ccco3)n(-c3cccc(NC(=O)c4ccccc4F)c3)n2)cc1. The van der Waals surface area contributed by atoms with Gasteiger partial charge in [-0.1, -0.05) is 30.3 Å². The smallest absolute Gasteiger partial charge is 0.336 e. The van der Waals surface area contributed by atoms with Crippen LogP contribution in [0.1, 0.15) is 15.9 Å². The molecule has 37 heavy (non-hydrogen) atoms. The molecule has 0 fully saturated rings. The van der Waals surface area contributed by atoms with Crippen LogP contribution in [-0.2, 0) is 6.42 Å². The van der Waals surface area contributed by atoms with Gasteiger partial charge in [0.25, 0.3) is 5.91 Å². The van der Waals surface area contributed by atoms with Crippen LogP contribution in [0.3, 0.4) is 0 Å². The molecule has 0 saturated heterocycles. The van der Waals surface area contributed by atoms with Gasteiger partial charge in [0.1, 0.15) is 11.6 Å². The number of nitrogens with one attached hydrogen (secondary N) is 1. The van der Waals surface area contributed by atoms with E-state index < -0.39 is 11.7 Å². The molecule has 0 atom stereocenters. The topological polar surface area (TPSA) is 91.4 Å². The lowest BCUT2D eigenvalue weighted by molar-refractivity contribution is 0.102. The maximum Gasteiger partial charge on any atom is 0.336 e. The summed E-state index contributed by atoms with van der Waals surface area (Å²) in [6, 6.07) is 24.2. The summed E-state index contributed by atoms with van der Waals surface area (Å²) in [4.78, 5) is 17.1. The molecule has 0 saturated carbocycles. The first-order valence-corrected chi connectivity index (χ1v) is 11.5. The average molecular weight is 499 g/mol. The van der Waals surface area contributed by atoms with Gasteiger partial charge < -0.3 is 19.2 Å². The van der Waals surface area contributed by atoms with E-state index in [2.05, 4.69) is 15.4 Å². The van der Waals surface area contributed by atoms with Crippen LogP contribution in [0, 0.1) is 5.82 Å². The van der Waals surface area contributed by atoms with E-state index in [0.717, 1.165) is 11.3 Å². The van der Waals surface area contributed by atoms with Crippen LogP contribution in [0.4, 0.5) is 10.1 Å². The summed E-state index contributed by atoms with van der Waals surface area (Å²) in [5.41, 5.74) is 2.12. The monoisotopic (exact) mass is 498 g/mol. The van der Waals surface area contributed by atoms with Crippen molar-refractivity contribution in [3.05, 3.63) is 108 Å². The summed E-state index contributed by atoms with van der Waals surface area (Å²) in [5, 5.41) is 7.24. The van der Waals surface area contributed by atoms with Crippen molar-refractivity contribution in [2.75, 3.05) is 19.0 Å². The number of halogens is 1. The highest BCUT2D eigenvalue weighted by Crippen LogP contribution is 2.26. The minimum Gasteiger partial charge on any atom is -0.497 e. The van der Waals surface area contributed by atoms with Gasteiger partial charge in [0.05, 0.1) is 31.2 Å². The van der Waals surface area contributed by atoms with Gasteiger partial charge in [-0.3, -0.25) is 4.79 Å². The van der Waals surface area contributed by atoms with E-state index in [1.54, 1.807) is 60.5 Å². The second-order valence-corrected chi connectivity index (χ2v) is 8.04. The second-order valence-electron chi connectivity index (χ2n) is 8.04. The number of furan rings is 1. The number of ether oxygens (including phenoxy) is 2. The fraction of sp³-hybridized carbons (Fsp3) is 0.107. The van der Waals surface area contributed by atoms with Crippen LogP contribution < -0.4 is 14.8 Å². The Balaban J connectivity index is 1.36. The highest BCUT2D eigenvalue weighted by atomic mass is 19.1. The Morgan fingerprint density at radius 2 is 1.86 bits per heavy atom. The van der Waals surface area contributed by atoms with Gasteiger partial charge in [-0.25, -0.2) is 9.07 Å². The number of methoxy groups -OCH3 is 1. The number of anilines is 1. The van der Waals surface area contributed by atoms with Gasteiger partial charge in [-0.15, -0.1) is 5.10 Å². The van der Waals surface area contributed by atoms with E-state index in [-0.39, 0.29) is 11.6 Å². The zero-order valence-electron chi connectivity index (χ0n) is 19.9. The third-order valence-electron chi connectivity index (χ3n) is 5.58. The molecule has 3 aromatic carbocycles. The minimum absolute atomic E-state index is 0.0440. The largest absolute Gasteiger partial charge is 0.497 e. The normalized spacial score (nSPS) is 10.8. The molecule has 0 aliphatic heterocycles. The summed E-state index contributed by atoms with van der Waals surface area (Å²) in [7, 11) is 1.63. The zero-order chi connectivity index (χ0) is 25.6. The predicted octanol–water partition coefficient (Wildman–Crippen LogP) is 5.55. The number of carbonyl (C=O) groups excluding carboxylic acids is 1. The lowest BCUT2D eigenvalue weighted by atomic mass is 10.1. The molecule has 2 heterocycles. The zero-order valence-corrected chi connectivity index (χ0v) is 19.9. The van der Waals surface area contributed by atoms with Gasteiger partial charge in [0.2, 0.25) is 5.82 Å². The highest BCUT2D eigenvalue weighted by molar-refractivity contribution is 6.04. The number of hydrogen-bond acceptors (Lipinski definition) is 6. The molecular formula is C28H23FN4O4. The van der Waals surface area contributed by atoms with Crippen molar-refractivity contribution in [3.63, 3.8) is 0 Å². The Hall–Kier alpha value is -4.92. The van der Waals surface area contributed by atoms with E-state index >= 15 is 0 Å². The Morgan fingerprint density at radius 1 is 1.03 bits per heavy atom. The number of hydrogen-bond donors (Lipinski definition) is 1. The maximum atomic E-state index is 14.0. The van der Waals surface area contributed by atoms with E-state index in [1.807, 2.05) is 24.3 Å². The number of benzene rings is 3. The molecule has 0 radical (unpaired) electrons. The van der Waals surface area contributed by atoms with Crippen LogP contribution >= 0.6 is 0 Å². The summed E-state index contributed by atoms with van der Waals surface area (Å²) < 4.78 is 32.2. The first-order chi connectivity index (χ1) is 18.1. The molecule has 0 aliphatic carbocycles. The maximum absolute atomic E-state index is 14.0. The Bertz CT molecular complexity index is 1500. The van der Waals surface area contributed by atoms with E-state index in [9.17, 15) is 9.18 Å². The van der Waals surface area contributed by atoms with Gasteiger partial charge >= 0.3 is 6.01 Å². The summed E-state index contributed by atoms with van der Waals surface area (Å²) in [6.45, 7) is 0.368. The fourth-order valence-electron chi connectivity index (χ4n) is 3.71.